The maximum Gasteiger partial charge on any atom is 0 e. The molecule has 0 aliphatic rings. The van der Waals surface area contributed by atoms with Crippen LogP contribution >= 0.6 is 0 Å². The molecule has 0 N–H and O–H groups in total. The van der Waals surface area contributed by atoms with E-state index >= 15 is 0 Å². The quantitative estimate of drug-likeness (QED) is 0.610. The molecule has 57 valence electrons. The standard InChI is InChI=1S/C11H9.Y/c1-9-6-7-10-4-2-3-5-11(10)8-9;/h2-3,5-8H,1H3;/q-1;. The Labute approximate surface area is 97.9 Å². The molecule has 0 saturated heterocycles. The molecule has 0 saturated carbocycles. The fourth-order valence-corrected chi connectivity index (χ4v) is 1.24. The van der Waals surface area contributed by atoms with Crippen LogP contribution in [-0.4, -0.2) is 0 Å². The summed E-state index contributed by atoms with van der Waals surface area (Å²) in [5, 5.41) is 2.46. The molecule has 0 nitrogen and oxygen atoms in total. The van der Waals surface area contributed by atoms with E-state index in [2.05, 4.69) is 37.3 Å². The third-order valence-corrected chi connectivity index (χ3v) is 1.82. The first-order chi connectivity index (χ1) is 5.36. The van der Waals surface area contributed by atoms with Crippen LogP contribution in [0.25, 0.3) is 10.8 Å². The maximum absolute atomic E-state index is 3.18. The van der Waals surface area contributed by atoms with E-state index in [1.807, 2.05) is 12.1 Å². The molecule has 0 heterocycles. The molecule has 0 spiro atoms. The summed E-state index contributed by atoms with van der Waals surface area (Å²) in [5.41, 5.74) is 1.30. The first-order valence-electron chi connectivity index (χ1n) is 3.73. The van der Waals surface area contributed by atoms with Gasteiger partial charge in [0, 0.05) is 32.7 Å². The molecule has 0 aromatic heterocycles. The summed E-state index contributed by atoms with van der Waals surface area (Å²) >= 11 is 0. The van der Waals surface area contributed by atoms with E-state index in [4.69, 9.17) is 0 Å². The van der Waals surface area contributed by atoms with Gasteiger partial charge in [-0.15, -0.1) is 47.2 Å². The van der Waals surface area contributed by atoms with Crippen molar-refractivity contribution in [1.82, 2.24) is 0 Å². The Morgan fingerprint density at radius 3 is 2.83 bits per heavy atom. The van der Waals surface area contributed by atoms with E-state index in [1.165, 1.54) is 16.3 Å². The van der Waals surface area contributed by atoms with Crippen molar-refractivity contribution in [2.75, 3.05) is 0 Å². The summed E-state index contributed by atoms with van der Waals surface area (Å²) in [6.07, 6.45) is 0. The molecule has 12 heavy (non-hydrogen) atoms. The van der Waals surface area contributed by atoms with E-state index in [0.717, 1.165) is 0 Å². The third-order valence-electron chi connectivity index (χ3n) is 1.82. The average molecular weight is 230 g/mol. The van der Waals surface area contributed by atoms with E-state index in [1.54, 1.807) is 0 Å². The van der Waals surface area contributed by atoms with E-state index < -0.39 is 0 Å². The van der Waals surface area contributed by atoms with Gasteiger partial charge < -0.3 is 0 Å². The molecule has 0 aliphatic carbocycles. The Bertz CT molecular complexity index is 379. The average Bonchev–Trinajstić information content (AvgIpc) is 2.04. The molecule has 1 radical (unpaired) electrons. The molecule has 0 fully saturated rings. The largest absolute Gasteiger partial charge is 0.147 e. The van der Waals surface area contributed by atoms with Crippen molar-refractivity contribution >= 4 is 10.8 Å². The molecule has 2 aromatic carbocycles. The monoisotopic (exact) mass is 230 g/mol. The van der Waals surface area contributed by atoms with Gasteiger partial charge in [-0.2, -0.15) is 0 Å². The van der Waals surface area contributed by atoms with Crippen LogP contribution in [0.15, 0.2) is 36.4 Å². The first kappa shape index (κ1) is 9.89. The molecule has 2 aromatic rings. The Hall–Kier alpha value is -0.196. The molecule has 2 rings (SSSR count). The smallest absolute Gasteiger partial charge is 0 e. The Kier molecular flexibility index (Phi) is 3.43. The van der Waals surface area contributed by atoms with Gasteiger partial charge in [-0.1, -0.05) is 11.6 Å². The van der Waals surface area contributed by atoms with Crippen molar-refractivity contribution in [3.63, 3.8) is 0 Å². The summed E-state index contributed by atoms with van der Waals surface area (Å²) in [6, 6.07) is 15.6. The van der Waals surface area contributed by atoms with Gasteiger partial charge >= 0.3 is 0 Å². The van der Waals surface area contributed by atoms with Crippen molar-refractivity contribution < 1.29 is 32.7 Å². The van der Waals surface area contributed by atoms with Crippen LogP contribution in [0.2, 0.25) is 0 Å². The maximum atomic E-state index is 3.18. The zero-order valence-electron chi connectivity index (χ0n) is 7.04. The predicted molar refractivity (Wildman–Crippen MR) is 47.5 cm³/mol. The zero-order valence-corrected chi connectivity index (χ0v) is 9.88. The minimum atomic E-state index is 0. The summed E-state index contributed by atoms with van der Waals surface area (Å²) in [4.78, 5) is 0. The van der Waals surface area contributed by atoms with E-state index in [-0.39, 0.29) is 32.7 Å². The van der Waals surface area contributed by atoms with Crippen molar-refractivity contribution in [2.45, 2.75) is 6.92 Å². The second kappa shape index (κ2) is 4.16. The molecule has 0 atom stereocenters. The van der Waals surface area contributed by atoms with E-state index in [0.29, 0.717) is 0 Å². The van der Waals surface area contributed by atoms with Gasteiger partial charge in [-0.3, -0.25) is 0 Å². The molecule has 0 amide bonds. The molecular formula is C11H9Y-. The Balaban J connectivity index is 0.000000720. The number of hydrogen-bond acceptors (Lipinski definition) is 0. The number of hydrogen-bond donors (Lipinski definition) is 0. The van der Waals surface area contributed by atoms with Gasteiger partial charge in [0.2, 0.25) is 0 Å². The fraction of sp³-hybridized carbons (Fsp3) is 0.0909. The molecule has 0 aliphatic heterocycles. The van der Waals surface area contributed by atoms with Crippen LogP contribution in [0.3, 0.4) is 0 Å². The van der Waals surface area contributed by atoms with Crippen LogP contribution in [0.5, 0.6) is 0 Å². The summed E-state index contributed by atoms with van der Waals surface area (Å²) < 4.78 is 0. The topological polar surface area (TPSA) is 0 Å². The molecule has 0 unspecified atom stereocenters. The molecule has 1 heteroatoms. The van der Waals surface area contributed by atoms with Crippen LogP contribution in [-0.2, 0) is 32.7 Å². The number of benzene rings is 2. The minimum Gasteiger partial charge on any atom is -0.147 e. The summed E-state index contributed by atoms with van der Waals surface area (Å²) in [7, 11) is 0. The zero-order chi connectivity index (χ0) is 7.68. The minimum absolute atomic E-state index is 0. The SMILES string of the molecule is Cc1ccc2[c-]cccc2c1.[Y]. The molecule has 0 bridgehead atoms. The summed E-state index contributed by atoms with van der Waals surface area (Å²) in [5.74, 6) is 0. The van der Waals surface area contributed by atoms with Gasteiger partial charge in [0.05, 0.1) is 0 Å². The molecular weight excluding hydrogens is 221 g/mol. The number of fused-ring (bicyclic) bond motifs is 1. The number of aryl methyl sites for hydroxylation is 1. The first-order valence-corrected chi connectivity index (χ1v) is 3.73. The van der Waals surface area contributed by atoms with Crippen molar-refractivity contribution in [2.24, 2.45) is 0 Å². The van der Waals surface area contributed by atoms with Gasteiger partial charge in [0.1, 0.15) is 0 Å². The Morgan fingerprint density at radius 2 is 2.00 bits per heavy atom. The fourth-order valence-electron chi connectivity index (χ4n) is 1.24. The normalized spacial score (nSPS) is 9.42. The van der Waals surface area contributed by atoms with Crippen LogP contribution in [0, 0.1) is 13.0 Å². The third kappa shape index (κ3) is 1.94. The van der Waals surface area contributed by atoms with E-state index in [9.17, 15) is 0 Å². The second-order valence-electron chi connectivity index (χ2n) is 2.76. The van der Waals surface area contributed by atoms with Gasteiger partial charge in [-0.05, 0) is 6.92 Å². The Morgan fingerprint density at radius 1 is 1.17 bits per heavy atom. The summed E-state index contributed by atoms with van der Waals surface area (Å²) in [6.45, 7) is 2.10. The van der Waals surface area contributed by atoms with Gasteiger partial charge in [-0.25, -0.2) is 0 Å². The van der Waals surface area contributed by atoms with Crippen LogP contribution in [0.1, 0.15) is 5.56 Å². The van der Waals surface area contributed by atoms with Crippen LogP contribution < -0.4 is 0 Å². The van der Waals surface area contributed by atoms with Crippen molar-refractivity contribution in [3.05, 3.63) is 48.0 Å². The van der Waals surface area contributed by atoms with Crippen LogP contribution in [0.4, 0.5) is 0 Å². The van der Waals surface area contributed by atoms with Gasteiger partial charge in [0.15, 0.2) is 0 Å². The van der Waals surface area contributed by atoms with Crippen molar-refractivity contribution in [3.8, 4) is 0 Å². The predicted octanol–water partition coefficient (Wildman–Crippen LogP) is 2.95. The van der Waals surface area contributed by atoms with Gasteiger partial charge in [0.25, 0.3) is 0 Å². The number of rotatable bonds is 0. The second-order valence-corrected chi connectivity index (χ2v) is 2.76. The van der Waals surface area contributed by atoms with Crippen molar-refractivity contribution in [1.29, 1.82) is 0 Å².